The van der Waals surface area contributed by atoms with E-state index in [0.29, 0.717) is 5.02 Å². The molecule has 0 aromatic heterocycles. The fraction of sp³-hybridized carbons (Fsp3) is 0.538. The van der Waals surface area contributed by atoms with Crippen LogP contribution >= 0.6 is 34.8 Å². The van der Waals surface area contributed by atoms with Crippen molar-refractivity contribution in [2.45, 2.75) is 30.4 Å². The highest BCUT2D eigenvalue weighted by Crippen LogP contribution is 2.30. The fourth-order valence-electron chi connectivity index (χ4n) is 2.29. The molecular weight excluding hydrogens is 357 g/mol. The predicted molar refractivity (Wildman–Crippen MR) is 84.9 cm³/mol. The Morgan fingerprint density at radius 1 is 1.33 bits per heavy atom. The lowest BCUT2D eigenvalue weighted by Gasteiger charge is -2.41. The normalized spacial score (nSPS) is 23.2. The standard InChI is InChI=1S/C13H16Cl3NO3S/c1-13(2)8-17(7-9(6-14)20-13)21(18,19)10-3-4-11(15)12(16)5-10/h3-5,9H,6-8H2,1-2H3. The summed E-state index contributed by atoms with van der Waals surface area (Å²) in [6.07, 6.45) is -0.340. The van der Waals surface area contributed by atoms with Crippen molar-refractivity contribution in [2.24, 2.45) is 0 Å². The SMILES string of the molecule is CC1(C)CN(S(=O)(=O)c2ccc(Cl)c(Cl)c2)CC(CCl)O1. The van der Waals surface area contributed by atoms with E-state index in [4.69, 9.17) is 39.5 Å². The molecule has 0 aliphatic carbocycles. The number of nitrogens with zero attached hydrogens (tertiary/aromatic N) is 1. The molecule has 118 valence electrons. The van der Waals surface area contributed by atoms with Crippen LogP contribution in [0.5, 0.6) is 0 Å². The molecule has 2 rings (SSSR count). The van der Waals surface area contributed by atoms with Gasteiger partial charge in [0.25, 0.3) is 0 Å². The quantitative estimate of drug-likeness (QED) is 0.764. The molecule has 0 amide bonds. The number of hydrogen-bond acceptors (Lipinski definition) is 3. The molecule has 1 fully saturated rings. The van der Waals surface area contributed by atoms with E-state index in [2.05, 4.69) is 0 Å². The van der Waals surface area contributed by atoms with Gasteiger partial charge in [-0.05, 0) is 32.0 Å². The largest absolute Gasteiger partial charge is 0.368 e. The molecule has 1 unspecified atom stereocenters. The second kappa shape index (κ2) is 6.22. The van der Waals surface area contributed by atoms with E-state index >= 15 is 0 Å². The van der Waals surface area contributed by atoms with E-state index in [-0.39, 0.29) is 35.0 Å². The number of rotatable bonds is 3. The second-order valence-electron chi connectivity index (χ2n) is 5.53. The molecular formula is C13H16Cl3NO3S. The van der Waals surface area contributed by atoms with Crippen LogP contribution in [0.2, 0.25) is 10.0 Å². The summed E-state index contributed by atoms with van der Waals surface area (Å²) in [5.74, 6) is 0.233. The van der Waals surface area contributed by atoms with E-state index in [0.717, 1.165) is 0 Å². The number of alkyl halides is 1. The third kappa shape index (κ3) is 3.84. The summed E-state index contributed by atoms with van der Waals surface area (Å²) in [5.41, 5.74) is -0.596. The first-order chi connectivity index (χ1) is 9.65. The zero-order valence-corrected chi connectivity index (χ0v) is 14.7. The minimum absolute atomic E-state index is 0.114. The molecule has 0 spiro atoms. The van der Waals surface area contributed by atoms with Gasteiger partial charge in [-0.25, -0.2) is 8.42 Å². The van der Waals surface area contributed by atoms with E-state index in [9.17, 15) is 8.42 Å². The van der Waals surface area contributed by atoms with Gasteiger partial charge < -0.3 is 4.74 Å². The van der Waals surface area contributed by atoms with Crippen molar-refractivity contribution >= 4 is 44.8 Å². The fourth-order valence-corrected chi connectivity index (χ4v) is 4.46. The van der Waals surface area contributed by atoms with Gasteiger partial charge in [0.15, 0.2) is 0 Å². The summed E-state index contributed by atoms with van der Waals surface area (Å²) < 4.78 is 32.6. The van der Waals surface area contributed by atoms with Crippen LogP contribution in [0.1, 0.15) is 13.8 Å². The smallest absolute Gasteiger partial charge is 0.243 e. The lowest BCUT2D eigenvalue weighted by molar-refractivity contribution is -0.107. The van der Waals surface area contributed by atoms with Gasteiger partial charge in [-0.2, -0.15) is 4.31 Å². The molecule has 21 heavy (non-hydrogen) atoms. The summed E-state index contributed by atoms with van der Waals surface area (Å²) >= 11 is 17.6. The molecule has 1 saturated heterocycles. The molecule has 1 atom stereocenters. The van der Waals surface area contributed by atoms with Crippen molar-refractivity contribution in [1.82, 2.24) is 4.31 Å². The van der Waals surface area contributed by atoms with Gasteiger partial charge in [0.1, 0.15) is 0 Å². The Kier molecular flexibility index (Phi) is 5.13. The summed E-state index contributed by atoms with van der Waals surface area (Å²) in [6, 6.07) is 4.28. The van der Waals surface area contributed by atoms with Gasteiger partial charge in [-0.3, -0.25) is 0 Å². The average molecular weight is 373 g/mol. The number of ether oxygens (including phenoxy) is 1. The number of morpholine rings is 1. The lowest BCUT2D eigenvalue weighted by atomic mass is 10.1. The van der Waals surface area contributed by atoms with Gasteiger partial charge in [0.2, 0.25) is 10.0 Å². The molecule has 0 N–H and O–H groups in total. The van der Waals surface area contributed by atoms with E-state index in [1.807, 2.05) is 13.8 Å². The molecule has 1 aliphatic heterocycles. The molecule has 1 aromatic carbocycles. The van der Waals surface area contributed by atoms with Crippen LogP contribution in [0.4, 0.5) is 0 Å². The highest BCUT2D eigenvalue weighted by Gasteiger charge is 2.39. The molecule has 0 saturated carbocycles. The van der Waals surface area contributed by atoms with Crippen molar-refractivity contribution in [3.63, 3.8) is 0 Å². The Bertz CT molecular complexity index is 634. The van der Waals surface area contributed by atoms with Crippen molar-refractivity contribution in [2.75, 3.05) is 19.0 Å². The van der Waals surface area contributed by atoms with Crippen molar-refractivity contribution in [1.29, 1.82) is 0 Å². The second-order valence-corrected chi connectivity index (χ2v) is 8.59. The van der Waals surface area contributed by atoms with Crippen LogP contribution in [-0.2, 0) is 14.8 Å². The van der Waals surface area contributed by atoms with Gasteiger partial charge >= 0.3 is 0 Å². The molecule has 1 aliphatic rings. The number of sulfonamides is 1. The topological polar surface area (TPSA) is 46.6 Å². The zero-order chi connectivity index (χ0) is 15.8. The van der Waals surface area contributed by atoms with Crippen LogP contribution < -0.4 is 0 Å². The monoisotopic (exact) mass is 371 g/mol. The summed E-state index contributed by atoms with van der Waals surface area (Å²) in [7, 11) is -3.66. The third-order valence-electron chi connectivity index (χ3n) is 3.15. The maximum Gasteiger partial charge on any atom is 0.243 e. The first-order valence-electron chi connectivity index (χ1n) is 6.35. The van der Waals surface area contributed by atoms with E-state index in [1.165, 1.54) is 22.5 Å². The number of halogens is 3. The Morgan fingerprint density at radius 2 is 2.00 bits per heavy atom. The first kappa shape index (κ1) is 17.3. The predicted octanol–water partition coefficient (Wildman–Crippen LogP) is 3.40. The van der Waals surface area contributed by atoms with Gasteiger partial charge in [0, 0.05) is 19.0 Å². The Labute approximate surface area is 140 Å². The molecule has 1 heterocycles. The van der Waals surface area contributed by atoms with Crippen LogP contribution in [-0.4, -0.2) is 43.4 Å². The molecule has 0 radical (unpaired) electrons. The zero-order valence-electron chi connectivity index (χ0n) is 11.6. The van der Waals surface area contributed by atoms with Crippen LogP contribution in [0.15, 0.2) is 23.1 Å². The van der Waals surface area contributed by atoms with Gasteiger partial charge in [0.05, 0.1) is 26.6 Å². The lowest BCUT2D eigenvalue weighted by Crippen LogP contribution is -2.55. The van der Waals surface area contributed by atoms with Crippen molar-refractivity contribution < 1.29 is 13.2 Å². The van der Waals surface area contributed by atoms with Gasteiger partial charge in [-0.1, -0.05) is 23.2 Å². The summed E-state index contributed by atoms with van der Waals surface area (Å²) in [4.78, 5) is 0.114. The van der Waals surface area contributed by atoms with Crippen LogP contribution in [0.3, 0.4) is 0 Å². The first-order valence-corrected chi connectivity index (χ1v) is 9.08. The maximum atomic E-state index is 12.7. The van der Waals surface area contributed by atoms with Crippen molar-refractivity contribution in [3.8, 4) is 0 Å². The summed E-state index contributed by atoms with van der Waals surface area (Å²) in [6.45, 7) is 4.14. The van der Waals surface area contributed by atoms with Crippen molar-refractivity contribution in [3.05, 3.63) is 28.2 Å². The summed E-state index contributed by atoms with van der Waals surface area (Å²) in [5, 5.41) is 0.524. The molecule has 0 bridgehead atoms. The minimum atomic E-state index is -3.66. The molecule has 4 nitrogen and oxygen atoms in total. The minimum Gasteiger partial charge on any atom is -0.368 e. The highest BCUT2D eigenvalue weighted by atomic mass is 35.5. The Morgan fingerprint density at radius 3 is 2.57 bits per heavy atom. The van der Waals surface area contributed by atoms with Crippen LogP contribution in [0.25, 0.3) is 0 Å². The van der Waals surface area contributed by atoms with Crippen LogP contribution in [0, 0.1) is 0 Å². The highest BCUT2D eigenvalue weighted by molar-refractivity contribution is 7.89. The third-order valence-corrected chi connectivity index (χ3v) is 6.04. The average Bonchev–Trinajstić information content (AvgIpc) is 2.39. The maximum absolute atomic E-state index is 12.7. The Balaban J connectivity index is 2.36. The number of hydrogen-bond donors (Lipinski definition) is 0. The Hall–Kier alpha value is -0.0400. The molecule has 1 aromatic rings. The van der Waals surface area contributed by atoms with E-state index in [1.54, 1.807) is 0 Å². The van der Waals surface area contributed by atoms with E-state index < -0.39 is 15.6 Å². The van der Waals surface area contributed by atoms with Gasteiger partial charge in [-0.15, -0.1) is 11.6 Å². The number of benzene rings is 1. The molecule has 8 heteroatoms.